The van der Waals surface area contributed by atoms with E-state index >= 15 is 0 Å². The highest BCUT2D eigenvalue weighted by molar-refractivity contribution is 9.10. The molecule has 2 aromatic carbocycles. The topological polar surface area (TPSA) is 97.5 Å². The zero-order valence-electron chi connectivity index (χ0n) is 19.2. The third-order valence-electron chi connectivity index (χ3n) is 5.76. The number of hydrogen-bond acceptors (Lipinski definition) is 5. The first-order chi connectivity index (χ1) is 15.5. The van der Waals surface area contributed by atoms with Crippen LogP contribution in [0.2, 0.25) is 0 Å². The van der Waals surface area contributed by atoms with Gasteiger partial charge in [-0.05, 0) is 69.0 Å². The Balaban J connectivity index is 1.99. The second-order valence-corrected chi connectivity index (χ2v) is 11.4. The predicted octanol–water partition coefficient (Wildman–Crippen LogP) is 6.48. The first-order valence-corrected chi connectivity index (χ1v) is 13.3. The van der Waals surface area contributed by atoms with Crippen molar-refractivity contribution in [2.75, 3.05) is 5.75 Å². The van der Waals surface area contributed by atoms with E-state index in [-0.39, 0.29) is 34.3 Å². The van der Waals surface area contributed by atoms with Crippen molar-refractivity contribution in [2.24, 2.45) is 0 Å². The molecule has 0 amide bonds. The Kier molecular flexibility index (Phi) is 7.80. The second kappa shape index (κ2) is 10.2. The van der Waals surface area contributed by atoms with E-state index in [4.69, 9.17) is 4.52 Å². The highest BCUT2D eigenvalue weighted by atomic mass is 79.9. The molecule has 3 aromatic rings. The third kappa shape index (κ3) is 5.55. The average molecular weight is 534 g/mol. The standard InChI is InChI=1S/C25H28BrNO5S/c1-5-6-18(11-12-33(30,31)20-9-7-19(26)8-10-20)24-22(25(28)29)23(27-32-24)21-16(3)13-15(2)14-17(21)4/h7-10,13-14,18H,5-6,11-12H2,1-4H3,(H,28,29). The summed E-state index contributed by atoms with van der Waals surface area (Å²) in [5.74, 6) is -1.38. The van der Waals surface area contributed by atoms with E-state index in [0.29, 0.717) is 12.1 Å². The number of carboxylic acid groups (broad SMARTS) is 1. The van der Waals surface area contributed by atoms with Gasteiger partial charge in [-0.2, -0.15) is 0 Å². The Morgan fingerprint density at radius 1 is 1.09 bits per heavy atom. The van der Waals surface area contributed by atoms with Crippen LogP contribution in [0.25, 0.3) is 11.3 Å². The van der Waals surface area contributed by atoms with Crippen molar-refractivity contribution in [3.8, 4) is 11.3 Å². The van der Waals surface area contributed by atoms with Gasteiger partial charge in [0.15, 0.2) is 15.6 Å². The number of carboxylic acids is 1. The number of sulfone groups is 1. The van der Waals surface area contributed by atoms with Crippen LogP contribution in [0, 0.1) is 20.8 Å². The van der Waals surface area contributed by atoms with Gasteiger partial charge in [0, 0.05) is 16.0 Å². The van der Waals surface area contributed by atoms with Crippen LogP contribution in [0.1, 0.15) is 64.9 Å². The summed E-state index contributed by atoms with van der Waals surface area (Å²) >= 11 is 3.31. The molecule has 0 aliphatic carbocycles. The Labute approximate surface area is 203 Å². The van der Waals surface area contributed by atoms with Gasteiger partial charge in [0.2, 0.25) is 0 Å². The van der Waals surface area contributed by atoms with Crippen molar-refractivity contribution in [3.63, 3.8) is 0 Å². The quantitative estimate of drug-likeness (QED) is 0.338. The molecule has 3 rings (SSSR count). The number of aromatic nitrogens is 1. The lowest BCUT2D eigenvalue weighted by atomic mass is 9.90. The van der Waals surface area contributed by atoms with Gasteiger partial charge in [-0.3, -0.25) is 0 Å². The van der Waals surface area contributed by atoms with E-state index in [1.165, 1.54) is 0 Å². The van der Waals surface area contributed by atoms with Crippen LogP contribution >= 0.6 is 15.9 Å². The Morgan fingerprint density at radius 2 is 1.70 bits per heavy atom. The highest BCUT2D eigenvalue weighted by Crippen LogP contribution is 2.37. The molecule has 0 aliphatic rings. The minimum Gasteiger partial charge on any atom is -0.477 e. The van der Waals surface area contributed by atoms with E-state index in [0.717, 1.165) is 33.1 Å². The van der Waals surface area contributed by atoms with Crippen LogP contribution in [-0.2, 0) is 9.84 Å². The van der Waals surface area contributed by atoms with E-state index < -0.39 is 15.8 Å². The van der Waals surface area contributed by atoms with Crippen molar-refractivity contribution in [1.29, 1.82) is 0 Å². The maximum atomic E-state index is 12.9. The van der Waals surface area contributed by atoms with Gasteiger partial charge in [-0.15, -0.1) is 0 Å². The molecule has 0 aliphatic heterocycles. The lowest BCUT2D eigenvalue weighted by Gasteiger charge is -2.15. The molecule has 176 valence electrons. The number of carbonyl (C=O) groups is 1. The third-order valence-corrected chi connectivity index (χ3v) is 8.05. The number of halogens is 1. The lowest BCUT2D eigenvalue weighted by molar-refractivity contribution is 0.0694. The molecular formula is C25H28BrNO5S. The van der Waals surface area contributed by atoms with Crippen molar-refractivity contribution in [3.05, 3.63) is 68.9 Å². The molecule has 1 N–H and O–H groups in total. The smallest absolute Gasteiger partial charge is 0.341 e. The summed E-state index contributed by atoms with van der Waals surface area (Å²) in [6.45, 7) is 7.80. The first kappa shape index (κ1) is 25.2. The van der Waals surface area contributed by atoms with Crippen molar-refractivity contribution in [2.45, 2.75) is 57.8 Å². The monoisotopic (exact) mass is 533 g/mol. The SMILES string of the molecule is CCCC(CCS(=O)(=O)c1ccc(Br)cc1)c1onc(-c2c(C)cc(C)cc2C)c1C(=O)O. The summed E-state index contributed by atoms with van der Waals surface area (Å²) in [5, 5.41) is 14.2. The number of nitrogens with zero attached hydrogens (tertiary/aromatic N) is 1. The van der Waals surface area contributed by atoms with Gasteiger partial charge in [0.25, 0.3) is 0 Å². The lowest BCUT2D eigenvalue weighted by Crippen LogP contribution is -2.13. The van der Waals surface area contributed by atoms with Crippen molar-refractivity contribution < 1.29 is 22.8 Å². The molecule has 1 atom stereocenters. The molecular weight excluding hydrogens is 506 g/mol. The summed E-state index contributed by atoms with van der Waals surface area (Å²) in [7, 11) is -3.53. The number of aryl methyl sites for hydroxylation is 3. The van der Waals surface area contributed by atoms with Gasteiger partial charge in [-0.25, -0.2) is 13.2 Å². The fourth-order valence-corrected chi connectivity index (χ4v) is 5.97. The van der Waals surface area contributed by atoms with Crippen LogP contribution in [0.5, 0.6) is 0 Å². The largest absolute Gasteiger partial charge is 0.477 e. The molecule has 0 radical (unpaired) electrons. The van der Waals surface area contributed by atoms with Crippen LogP contribution in [0.4, 0.5) is 0 Å². The summed E-state index contributed by atoms with van der Waals surface area (Å²) in [4.78, 5) is 12.5. The van der Waals surface area contributed by atoms with Gasteiger partial charge in [0.05, 0.1) is 10.6 Å². The molecule has 8 heteroatoms. The van der Waals surface area contributed by atoms with Crippen molar-refractivity contribution >= 4 is 31.7 Å². The number of rotatable bonds is 9. The maximum absolute atomic E-state index is 12.9. The van der Waals surface area contributed by atoms with Crippen LogP contribution in [0.3, 0.4) is 0 Å². The summed E-state index contributed by atoms with van der Waals surface area (Å²) in [6, 6.07) is 10.5. The van der Waals surface area contributed by atoms with E-state index in [1.807, 2.05) is 39.8 Å². The van der Waals surface area contributed by atoms with Gasteiger partial charge < -0.3 is 9.63 Å². The fourth-order valence-electron chi connectivity index (χ4n) is 4.32. The molecule has 1 heterocycles. The van der Waals surface area contributed by atoms with E-state index in [1.54, 1.807) is 24.3 Å². The molecule has 0 spiro atoms. The number of aromatic carboxylic acids is 1. The summed E-state index contributed by atoms with van der Waals surface area (Å²) in [5.41, 5.74) is 3.97. The summed E-state index contributed by atoms with van der Waals surface area (Å²) < 4.78 is 32.2. The average Bonchev–Trinajstić information content (AvgIpc) is 3.15. The minimum atomic E-state index is -3.53. The number of benzene rings is 2. The van der Waals surface area contributed by atoms with Crippen LogP contribution in [0.15, 0.2) is 50.3 Å². The Bertz CT molecular complexity index is 1240. The zero-order chi connectivity index (χ0) is 24.3. The molecule has 0 bridgehead atoms. The minimum absolute atomic E-state index is 0.0181. The molecule has 0 saturated carbocycles. The Hall–Kier alpha value is -2.45. The first-order valence-electron chi connectivity index (χ1n) is 10.8. The highest BCUT2D eigenvalue weighted by Gasteiger charge is 2.31. The zero-order valence-corrected chi connectivity index (χ0v) is 21.6. The van der Waals surface area contributed by atoms with E-state index in [2.05, 4.69) is 21.1 Å². The molecule has 0 fully saturated rings. The molecule has 6 nitrogen and oxygen atoms in total. The van der Waals surface area contributed by atoms with Crippen molar-refractivity contribution in [1.82, 2.24) is 5.16 Å². The van der Waals surface area contributed by atoms with Gasteiger partial charge in [0.1, 0.15) is 11.3 Å². The second-order valence-electron chi connectivity index (χ2n) is 8.40. The molecule has 1 unspecified atom stereocenters. The predicted molar refractivity (Wildman–Crippen MR) is 132 cm³/mol. The fraction of sp³-hybridized carbons (Fsp3) is 0.360. The summed E-state index contributed by atoms with van der Waals surface area (Å²) in [6.07, 6.45) is 1.59. The maximum Gasteiger partial charge on any atom is 0.341 e. The van der Waals surface area contributed by atoms with Gasteiger partial charge >= 0.3 is 5.97 Å². The number of hydrogen-bond donors (Lipinski definition) is 1. The van der Waals surface area contributed by atoms with Crippen LogP contribution < -0.4 is 0 Å². The molecule has 0 saturated heterocycles. The van der Waals surface area contributed by atoms with Gasteiger partial charge in [-0.1, -0.05) is 52.1 Å². The van der Waals surface area contributed by atoms with E-state index in [9.17, 15) is 18.3 Å². The molecule has 33 heavy (non-hydrogen) atoms. The van der Waals surface area contributed by atoms with Crippen LogP contribution in [-0.4, -0.2) is 30.4 Å². The normalized spacial score (nSPS) is 12.6. The Morgan fingerprint density at radius 3 is 2.24 bits per heavy atom. The molecule has 1 aromatic heterocycles.